The van der Waals surface area contributed by atoms with E-state index in [1.807, 2.05) is 6.92 Å². The van der Waals surface area contributed by atoms with E-state index in [0.29, 0.717) is 25.3 Å². The second-order valence-corrected chi connectivity index (χ2v) is 6.35. The lowest BCUT2D eigenvalue weighted by molar-refractivity contribution is 0.0102. The van der Waals surface area contributed by atoms with Gasteiger partial charge in [0, 0.05) is 31.0 Å². The lowest BCUT2D eigenvalue weighted by atomic mass is 10.3. The molecule has 1 fully saturated rings. The van der Waals surface area contributed by atoms with E-state index >= 15 is 0 Å². The maximum Gasteiger partial charge on any atom is 0.244 e. The molecule has 0 spiro atoms. The molecule has 108 valence electrons. The summed E-state index contributed by atoms with van der Waals surface area (Å²) in [6.45, 7) is 2.60. The molecule has 1 aliphatic rings. The quantitative estimate of drug-likeness (QED) is 0.767. The van der Waals surface area contributed by atoms with Crippen molar-refractivity contribution in [3.05, 3.63) is 24.0 Å². The SMILES string of the molecule is CC1CN(S(=O)(=O)c2cncc(C#CCO)c2)CCO1. The van der Waals surface area contributed by atoms with Gasteiger partial charge in [-0.05, 0) is 13.0 Å². The summed E-state index contributed by atoms with van der Waals surface area (Å²) in [5.41, 5.74) is 0.460. The first-order valence-corrected chi connectivity index (χ1v) is 7.64. The van der Waals surface area contributed by atoms with Gasteiger partial charge < -0.3 is 9.84 Å². The van der Waals surface area contributed by atoms with Gasteiger partial charge in [0.25, 0.3) is 0 Å². The number of ether oxygens (including phenoxy) is 1. The summed E-state index contributed by atoms with van der Waals surface area (Å²) in [7, 11) is -3.58. The predicted molar refractivity (Wildman–Crippen MR) is 72.4 cm³/mol. The Hall–Kier alpha value is -1.46. The van der Waals surface area contributed by atoms with E-state index < -0.39 is 10.0 Å². The molecule has 0 aromatic carbocycles. The van der Waals surface area contributed by atoms with Crippen LogP contribution in [0, 0.1) is 11.8 Å². The minimum atomic E-state index is -3.58. The molecular weight excluding hydrogens is 280 g/mol. The standard InChI is InChI=1S/C13H16N2O4S/c1-11-10-15(4-6-19-11)20(17,18)13-7-12(3-2-5-16)8-14-9-13/h7-9,11,16H,4-6,10H2,1H3. The zero-order valence-corrected chi connectivity index (χ0v) is 11.9. The zero-order chi connectivity index (χ0) is 14.6. The van der Waals surface area contributed by atoms with Crippen molar-refractivity contribution in [2.45, 2.75) is 17.9 Å². The Balaban J connectivity index is 2.29. The van der Waals surface area contributed by atoms with Gasteiger partial charge >= 0.3 is 0 Å². The molecule has 0 radical (unpaired) electrons. The van der Waals surface area contributed by atoms with Crippen LogP contribution in [0.15, 0.2) is 23.4 Å². The van der Waals surface area contributed by atoms with Crippen LogP contribution in [-0.2, 0) is 14.8 Å². The highest BCUT2D eigenvalue weighted by Crippen LogP contribution is 2.18. The van der Waals surface area contributed by atoms with Crippen LogP contribution >= 0.6 is 0 Å². The van der Waals surface area contributed by atoms with Gasteiger partial charge in [-0.2, -0.15) is 4.31 Å². The summed E-state index contributed by atoms with van der Waals surface area (Å²) in [5.74, 6) is 5.12. The highest BCUT2D eigenvalue weighted by molar-refractivity contribution is 7.89. The highest BCUT2D eigenvalue weighted by Gasteiger charge is 2.29. The molecule has 0 bridgehead atoms. The minimum absolute atomic E-state index is 0.108. The minimum Gasteiger partial charge on any atom is -0.384 e. The molecule has 1 N–H and O–H groups in total. The van der Waals surface area contributed by atoms with E-state index in [1.54, 1.807) is 0 Å². The first-order valence-electron chi connectivity index (χ1n) is 6.20. The van der Waals surface area contributed by atoms with Crippen molar-refractivity contribution in [2.75, 3.05) is 26.3 Å². The van der Waals surface area contributed by atoms with Crippen molar-refractivity contribution < 1.29 is 18.3 Å². The van der Waals surface area contributed by atoms with Gasteiger partial charge in [0.05, 0.1) is 12.7 Å². The number of aromatic nitrogens is 1. The summed E-state index contributed by atoms with van der Waals surface area (Å²) >= 11 is 0. The number of nitrogens with zero attached hydrogens (tertiary/aromatic N) is 2. The summed E-state index contributed by atoms with van der Waals surface area (Å²) < 4.78 is 31.7. The molecule has 2 rings (SSSR count). The first kappa shape index (κ1) is 14.9. The maximum absolute atomic E-state index is 12.5. The van der Waals surface area contributed by atoms with Crippen LogP contribution in [0.1, 0.15) is 12.5 Å². The van der Waals surface area contributed by atoms with Crippen LogP contribution < -0.4 is 0 Å². The second kappa shape index (κ2) is 6.33. The van der Waals surface area contributed by atoms with Crippen LogP contribution in [0.5, 0.6) is 0 Å². The molecule has 1 aromatic heterocycles. The van der Waals surface area contributed by atoms with Crippen molar-refractivity contribution in [3.8, 4) is 11.8 Å². The number of pyridine rings is 1. The summed E-state index contributed by atoms with van der Waals surface area (Å²) in [6.07, 6.45) is 2.65. The van der Waals surface area contributed by atoms with E-state index in [1.165, 1.54) is 22.8 Å². The summed E-state index contributed by atoms with van der Waals surface area (Å²) in [4.78, 5) is 4.00. The molecule has 20 heavy (non-hydrogen) atoms. The third-order valence-electron chi connectivity index (χ3n) is 2.87. The molecule has 1 atom stereocenters. The number of rotatable bonds is 2. The fourth-order valence-electron chi connectivity index (χ4n) is 1.92. The largest absolute Gasteiger partial charge is 0.384 e. The van der Waals surface area contributed by atoms with Crippen molar-refractivity contribution in [1.29, 1.82) is 0 Å². The molecule has 1 saturated heterocycles. The van der Waals surface area contributed by atoms with Gasteiger partial charge in [-0.1, -0.05) is 11.8 Å². The van der Waals surface area contributed by atoms with Crippen molar-refractivity contribution in [2.24, 2.45) is 0 Å². The molecule has 0 amide bonds. The first-order chi connectivity index (χ1) is 9.54. The Bertz CT molecular complexity index is 633. The van der Waals surface area contributed by atoms with Crippen molar-refractivity contribution >= 4 is 10.0 Å². The lowest BCUT2D eigenvalue weighted by Gasteiger charge is -2.30. The number of morpholine rings is 1. The van der Waals surface area contributed by atoms with Crippen molar-refractivity contribution in [3.63, 3.8) is 0 Å². The monoisotopic (exact) mass is 296 g/mol. The fraction of sp³-hybridized carbons (Fsp3) is 0.462. The fourth-order valence-corrected chi connectivity index (χ4v) is 3.41. The van der Waals surface area contributed by atoms with Crippen LogP contribution in [0.2, 0.25) is 0 Å². The van der Waals surface area contributed by atoms with Gasteiger partial charge in [0.15, 0.2) is 0 Å². The zero-order valence-electron chi connectivity index (χ0n) is 11.1. The number of aliphatic hydroxyl groups is 1. The molecule has 1 aliphatic heterocycles. The molecule has 7 heteroatoms. The Morgan fingerprint density at radius 2 is 2.35 bits per heavy atom. The Labute approximate surface area is 118 Å². The average molecular weight is 296 g/mol. The van der Waals surface area contributed by atoms with Crippen LogP contribution in [0.4, 0.5) is 0 Å². The Morgan fingerprint density at radius 1 is 1.55 bits per heavy atom. The average Bonchev–Trinajstić information content (AvgIpc) is 2.45. The third kappa shape index (κ3) is 3.35. The smallest absolute Gasteiger partial charge is 0.244 e. The number of hydrogen-bond acceptors (Lipinski definition) is 5. The highest BCUT2D eigenvalue weighted by atomic mass is 32.2. The Kier molecular flexibility index (Phi) is 4.73. The molecule has 6 nitrogen and oxygen atoms in total. The molecule has 0 saturated carbocycles. The van der Waals surface area contributed by atoms with Gasteiger partial charge in [-0.25, -0.2) is 8.42 Å². The van der Waals surface area contributed by atoms with E-state index in [2.05, 4.69) is 16.8 Å². The molecular formula is C13H16N2O4S. The summed E-state index contributed by atoms with van der Waals surface area (Å²) in [5, 5.41) is 8.66. The van der Waals surface area contributed by atoms with Gasteiger partial charge in [0.1, 0.15) is 11.5 Å². The third-order valence-corrected chi connectivity index (χ3v) is 4.70. The van der Waals surface area contributed by atoms with Crippen LogP contribution in [0.3, 0.4) is 0 Å². The molecule has 2 heterocycles. The number of sulfonamides is 1. The van der Waals surface area contributed by atoms with Crippen molar-refractivity contribution in [1.82, 2.24) is 9.29 Å². The van der Waals surface area contributed by atoms with Gasteiger partial charge in [-0.15, -0.1) is 0 Å². The van der Waals surface area contributed by atoms with E-state index in [9.17, 15) is 8.42 Å². The topological polar surface area (TPSA) is 79.7 Å². The molecule has 0 aliphatic carbocycles. The van der Waals surface area contributed by atoms with E-state index in [4.69, 9.17) is 9.84 Å². The maximum atomic E-state index is 12.5. The van der Waals surface area contributed by atoms with E-state index in [-0.39, 0.29) is 17.6 Å². The number of aliphatic hydroxyl groups excluding tert-OH is 1. The molecule has 1 unspecified atom stereocenters. The summed E-state index contributed by atoms with van der Waals surface area (Å²) in [6, 6.07) is 1.46. The van der Waals surface area contributed by atoms with Gasteiger partial charge in [-0.3, -0.25) is 4.98 Å². The second-order valence-electron chi connectivity index (χ2n) is 4.41. The van der Waals surface area contributed by atoms with Crippen LogP contribution in [0.25, 0.3) is 0 Å². The lowest BCUT2D eigenvalue weighted by Crippen LogP contribution is -2.44. The number of hydrogen-bond donors (Lipinski definition) is 1. The Morgan fingerprint density at radius 3 is 3.05 bits per heavy atom. The van der Waals surface area contributed by atoms with Crippen LogP contribution in [-0.4, -0.2) is 55.2 Å². The molecule has 1 aromatic rings. The van der Waals surface area contributed by atoms with Gasteiger partial charge in [0.2, 0.25) is 10.0 Å². The normalized spacial score (nSPS) is 20.2. The predicted octanol–water partition coefficient (Wildman–Crippen LogP) is -0.165. The van der Waals surface area contributed by atoms with E-state index in [0.717, 1.165) is 0 Å².